The van der Waals surface area contributed by atoms with Crippen LogP contribution in [0.2, 0.25) is 5.02 Å². The van der Waals surface area contributed by atoms with Crippen molar-refractivity contribution in [2.24, 2.45) is 5.92 Å². The number of carbonyl (C=O) groups excluding carboxylic acids is 2. The number of halogens is 1. The summed E-state index contributed by atoms with van der Waals surface area (Å²) in [5.41, 5.74) is 1.95. The number of likely N-dealkylation sites (tertiary alicyclic amines) is 1. The number of piperidine rings is 1. The van der Waals surface area contributed by atoms with Crippen molar-refractivity contribution in [3.8, 4) is 0 Å². The molecule has 1 fully saturated rings. The second-order valence-corrected chi connectivity index (χ2v) is 7.91. The molecule has 0 saturated carbocycles. The van der Waals surface area contributed by atoms with Gasteiger partial charge in [0.1, 0.15) is 0 Å². The summed E-state index contributed by atoms with van der Waals surface area (Å²) >= 11 is 6.05. The van der Waals surface area contributed by atoms with Crippen molar-refractivity contribution < 1.29 is 14.0 Å². The quantitative estimate of drug-likeness (QED) is 0.648. The van der Waals surface area contributed by atoms with Gasteiger partial charge in [-0.05, 0) is 48.2 Å². The summed E-state index contributed by atoms with van der Waals surface area (Å²) in [6.07, 6.45) is 3.01. The molecule has 2 heterocycles. The Bertz CT molecular complexity index is 987. The molecule has 2 unspecified atom stereocenters. The van der Waals surface area contributed by atoms with E-state index < -0.39 is 0 Å². The Morgan fingerprint density at radius 3 is 2.43 bits per heavy atom. The number of benzene rings is 2. The van der Waals surface area contributed by atoms with Crippen LogP contribution in [0.3, 0.4) is 0 Å². The van der Waals surface area contributed by atoms with Crippen LogP contribution in [0.4, 0.5) is 0 Å². The van der Waals surface area contributed by atoms with Gasteiger partial charge in [-0.25, -0.2) is 0 Å². The van der Waals surface area contributed by atoms with Crippen molar-refractivity contribution in [3.05, 3.63) is 94.9 Å². The molecule has 30 heavy (non-hydrogen) atoms. The summed E-state index contributed by atoms with van der Waals surface area (Å²) in [6, 6.07) is 20.4. The van der Waals surface area contributed by atoms with Crippen molar-refractivity contribution in [3.63, 3.8) is 0 Å². The van der Waals surface area contributed by atoms with Gasteiger partial charge in [0.05, 0.1) is 18.2 Å². The summed E-state index contributed by atoms with van der Waals surface area (Å²) in [6.45, 7) is 1.01. The van der Waals surface area contributed by atoms with Gasteiger partial charge in [0.2, 0.25) is 5.91 Å². The number of carbonyl (C=O) groups is 2. The van der Waals surface area contributed by atoms with Crippen LogP contribution in [-0.4, -0.2) is 29.8 Å². The number of hydrogen-bond acceptors (Lipinski definition) is 3. The van der Waals surface area contributed by atoms with Gasteiger partial charge in [0.15, 0.2) is 5.76 Å². The van der Waals surface area contributed by atoms with E-state index in [1.165, 1.54) is 6.26 Å². The predicted molar refractivity (Wildman–Crippen MR) is 115 cm³/mol. The molecule has 1 aliphatic heterocycles. The molecule has 1 aliphatic rings. The third-order valence-electron chi connectivity index (χ3n) is 5.43. The van der Waals surface area contributed by atoms with E-state index in [9.17, 15) is 9.59 Å². The minimum atomic E-state index is -0.285. The van der Waals surface area contributed by atoms with Crippen molar-refractivity contribution in [1.29, 1.82) is 0 Å². The molecule has 2 amide bonds. The molecule has 3 aromatic rings. The van der Waals surface area contributed by atoms with E-state index in [4.69, 9.17) is 16.0 Å². The van der Waals surface area contributed by atoms with Crippen LogP contribution in [0.1, 0.15) is 40.6 Å². The molecule has 2 aromatic carbocycles. The van der Waals surface area contributed by atoms with E-state index >= 15 is 0 Å². The summed E-state index contributed by atoms with van der Waals surface area (Å²) < 4.78 is 5.23. The molecule has 0 spiro atoms. The summed E-state index contributed by atoms with van der Waals surface area (Å²) in [7, 11) is 0. The highest BCUT2D eigenvalue weighted by Gasteiger charge is 2.31. The van der Waals surface area contributed by atoms with Crippen LogP contribution in [0.25, 0.3) is 0 Å². The normalized spacial score (nSPS) is 17.4. The lowest BCUT2D eigenvalue weighted by atomic mass is 9.94. The number of nitrogens with one attached hydrogen (secondary N) is 1. The first-order valence-electron chi connectivity index (χ1n) is 10.1. The maximum atomic E-state index is 13.2. The monoisotopic (exact) mass is 422 g/mol. The Kier molecular flexibility index (Phi) is 6.19. The molecule has 2 atom stereocenters. The standard InChI is InChI=1S/C24H23ClN2O3/c25-20-12-10-18(11-13-20)22(17-6-2-1-3-7-17)26-23(28)19-8-4-14-27(16-19)24(29)21-9-5-15-30-21/h1-3,5-7,9-13,15,19,22H,4,8,14,16H2,(H,26,28). The van der Waals surface area contributed by atoms with Crippen molar-refractivity contribution >= 4 is 23.4 Å². The lowest BCUT2D eigenvalue weighted by molar-refractivity contribution is -0.126. The zero-order valence-corrected chi connectivity index (χ0v) is 17.2. The van der Waals surface area contributed by atoms with Gasteiger partial charge in [-0.15, -0.1) is 0 Å². The second kappa shape index (κ2) is 9.18. The first-order chi connectivity index (χ1) is 14.6. The van der Waals surface area contributed by atoms with Crippen LogP contribution < -0.4 is 5.32 Å². The van der Waals surface area contributed by atoms with Crippen molar-refractivity contribution in [2.75, 3.05) is 13.1 Å². The average Bonchev–Trinajstić information content (AvgIpc) is 3.33. The first-order valence-corrected chi connectivity index (χ1v) is 10.4. The molecular weight excluding hydrogens is 400 g/mol. The molecular formula is C24H23ClN2O3. The van der Waals surface area contributed by atoms with E-state index in [1.807, 2.05) is 54.6 Å². The van der Waals surface area contributed by atoms with Crippen LogP contribution in [0, 0.1) is 5.92 Å². The molecule has 6 heteroatoms. The fourth-order valence-corrected chi connectivity index (χ4v) is 3.98. The average molecular weight is 423 g/mol. The number of rotatable bonds is 5. The zero-order valence-electron chi connectivity index (χ0n) is 16.5. The lowest BCUT2D eigenvalue weighted by Crippen LogP contribution is -2.46. The third kappa shape index (κ3) is 4.57. The van der Waals surface area contributed by atoms with Crippen molar-refractivity contribution in [1.82, 2.24) is 10.2 Å². The number of nitrogens with zero attached hydrogens (tertiary/aromatic N) is 1. The Labute approximate surface area is 180 Å². The molecule has 5 nitrogen and oxygen atoms in total. The Morgan fingerprint density at radius 1 is 1.00 bits per heavy atom. The van der Waals surface area contributed by atoms with Gasteiger partial charge in [-0.3, -0.25) is 9.59 Å². The smallest absolute Gasteiger partial charge is 0.289 e. The van der Waals surface area contributed by atoms with Crippen molar-refractivity contribution in [2.45, 2.75) is 18.9 Å². The predicted octanol–water partition coefficient (Wildman–Crippen LogP) is 4.69. The Hall–Kier alpha value is -3.05. The van der Waals surface area contributed by atoms with E-state index in [0.29, 0.717) is 23.9 Å². The highest BCUT2D eigenvalue weighted by Crippen LogP contribution is 2.26. The van der Waals surface area contributed by atoms with Gasteiger partial charge in [-0.2, -0.15) is 0 Å². The van der Waals surface area contributed by atoms with Gasteiger partial charge in [-0.1, -0.05) is 54.1 Å². The molecule has 0 aliphatic carbocycles. The summed E-state index contributed by atoms with van der Waals surface area (Å²) in [4.78, 5) is 27.5. The summed E-state index contributed by atoms with van der Waals surface area (Å²) in [5.74, 6) is -0.193. The van der Waals surface area contributed by atoms with E-state index in [-0.39, 0.29) is 23.8 Å². The minimum absolute atomic E-state index is 0.0595. The minimum Gasteiger partial charge on any atom is -0.459 e. The second-order valence-electron chi connectivity index (χ2n) is 7.47. The maximum Gasteiger partial charge on any atom is 0.289 e. The number of furan rings is 1. The van der Waals surface area contributed by atoms with E-state index in [0.717, 1.165) is 24.0 Å². The van der Waals surface area contributed by atoms with Crippen LogP contribution >= 0.6 is 11.6 Å². The molecule has 0 radical (unpaired) electrons. The Balaban J connectivity index is 1.50. The van der Waals surface area contributed by atoms with Crippen LogP contribution in [-0.2, 0) is 4.79 Å². The zero-order chi connectivity index (χ0) is 20.9. The maximum absolute atomic E-state index is 13.2. The van der Waals surface area contributed by atoms with Gasteiger partial charge >= 0.3 is 0 Å². The largest absolute Gasteiger partial charge is 0.459 e. The fraction of sp³-hybridized carbons (Fsp3) is 0.250. The van der Waals surface area contributed by atoms with Crippen LogP contribution in [0.5, 0.6) is 0 Å². The number of amides is 2. The third-order valence-corrected chi connectivity index (χ3v) is 5.69. The number of hydrogen-bond donors (Lipinski definition) is 1. The lowest BCUT2D eigenvalue weighted by Gasteiger charge is -2.32. The fourth-order valence-electron chi connectivity index (χ4n) is 3.85. The molecule has 1 saturated heterocycles. The van der Waals surface area contributed by atoms with E-state index in [2.05, 4.69) is 5.32 Å². The molecule has 1 aromatic heterocycles. The molecule has 4 rings (SSSR count). The topological polar surface area (TPSA) is 62.6 Å². The highest BCUT2D eigenvalue weighted by atomic mass is 35.5. The highest BCUT2D eigenvalue weighted by molar-refractivity contribution is 6.30. The molecule has 154 valence electrons. The first kappa shape index (κ1) is 20.2. The van der Waals surface area contributed by atoms with E-state index in [1.54, 1.807) is 17.0 Å². The molecule has 0 bridgehead atoms. The molecule has 1 N–H and O–H groups in total. The van der Waals surface area contributed by atoms with Gasteiger partial charge < -0.3 is 14.6 Å². The van der Waals surface area contributed by atoms with Gasteiger partial charge in [0, 0.05) is 18.1 Å². The Morgan fingerprint density at radius 2 is 1.73 bits per heavy atom. The van der Waals surface area contributed by atoms with Gasteiger partial charge in [0.25, 0.3) is 5.91 Å². The van der Waals surface area contributed by atoms with Crippen LogP contribution in [0.15, 0.2) is 77.4 Å². The summed E-state index contributed by atoms with van der Waals surface area (Å²) in [5, 5.41) is 3.84. The SMILES string of the molecule is O=C(NC(c1ccccc1)c1ccc(Cl)cc1)C1CCCN(C(=O)c2ccco2)C1.